The van der Waals surface area contributed by atoms with Crippen molar-refractivity contribution in [2.24, 2.45) is 0 Å². The Hall–Kier alpha value is -1.65. The molecule has 5 nitrogen and oxygen atoms in total. The standard InChI is InChI=1S/C13H19N3O2/c1-8(2)14-13(18)9(3)16-12(17)7-6-11(15-16)10-4-5-10/h6-10H,4-5H2,1-3H3,(H,14,18). The van der Waals surface area contributed by atoms with Crippen molar-refractivity contribution in [2.75, 3.05) is 0 Å². The van der Waals surface area contributed by atoms with Crippen LogP contribution in [0.4, 0.5) is 0 Å². The van der Waals surface area contributed by atoms with Gasteiger partial charge in [0.05, 0.1) is 5.69 Å². The van der Waals surface area contributed by atoms with E-state index in [0.717, 1.165) is 18.5 Å². The molecule has 18 heavy (non-hydrogen) atoms. The summed E-state index contributed by atoms with van der Waals surface area (Å²) in [5.41, 5.74) is 0.685. The third kappa shape index (κ3) is 2.78. The maximum Gasteiger partial charge on any atom is 0.267 e. The number of aromatic nitrogens is 2. The van der Waals surface area contributed by atoms with Gasteiger partial charge in [0.15, 0.2) is 0 Å². The Morgan fingerprint density at radius 1 is 1.39 bits per heavy atom. The summed E-state index contributed by atoms with van der Waals surface area (Å²) in [6, 6.07) is 2.75. The Balaban J connectivity index is 2.23. The molecule has 0 bridgehead atoms. The second-order valence-corrected chi connectivity index (χ2v) is 5.15. The summed E-state index contributed by atoms with van der Waals surface area (Å²) < 4.78 is 1.28. The minimum Gasteiger partial charge on any atom is -0.352 e. The first kappa shape index (κ1) is 12.8. The fraction of sp³-hybridized carbons (Fsp3) is 0.615. The molecule has 0 aliphatic heterocycles. The van der Waals surface area contributed by atoms with Gasteiger partial charge in [-0.2, -0.15) is 5.10 Å². The lowest BCUT2D eigenvalue weighted by Gasteiger charge is -2.16. The van der Waals surface area contributed by atoms with E-state index in [1.165, 1.54) is 10.7 Å². The number of hydrogen-bond acceptors (Lipinski definition) is 3. The molecule has 1 fully saturated rings. The van der Waals surface area contributed by atoms with Gasteiger partial charge in [0, 0.05) is 18.0 Å². The van der Waals surface area contributed by atoms with Crippen LogP contribution < -0.4 is 10.9 Å². The molecule has 1 N–H and O–H groups in total. The second kappa shape index (κ2) is 4.92. The zero-order valence-corrected chi connectivity index (χ0v) is 11.0. The number of nitrogens with zero attached hydrogens (tertiary/aromatic N) is 2. The molecule has 1 aromatic rings. The predicted molar refractivity (Wildman–Crippen MR) is 68.5 cm³/mol. The molecule has 1 aliphatic carbocycles. The molecule has 2 rings (SSSR count). The summed E-state index contributed by atoms with van der Waals surface area (Å²) in [6.45, 7) is 5.48. The Labute approximate surface area is 106 Å². The number of amides is 1. The van der Waals surface area contributed by atoms with E-state index < -0.39 is 6.04 Å². The van der Waals surface area contributed by atoms with E-state index in [4.69, 9.17) is 0 Å². The number of carbonyl (C=O) groups is 1. The second-order valence-electron chi connectivity index (χ2n) is 5.15. The molecular weight excluding hydrogens is 230 g/mol. The van der Waals surface area contributed by atoms with Crippen LogP contribution in [0.1, 0.15) is 51.3 Å². The zero-order valence-electron chi connectivity index (χ0n) is 11.0. The first-order valence-corrected chi connectivity index (χ1v) is 6.39. The van der Waals surface area contributed by atoms with E-state index in [-0.39, 0.29) is 17.5 Å². The lowest BCUT2D eigenvalue weighted by atomic mass is 10.2. The molecule has 1 aromatic heterocycles. The largest absolute Gasteiger partial charge is 0.352 e. The number of nitrogens with one attached hydrogen (secondary N) is 1. The highest BCUT2D eigenvalue weighted by Crippen LogP contribution is 2.38. The van der Waals surface area contributed by atoms with E-state index in [0.29, 0.717) is 5.92 Å². The highest BCUT2D eigenvalue weighted by Gasteiger charge is 2.27. The van der Waals surface area contributed by atoms with Gasteiger partial charge in [0.1, 0.15) is 6.04 Å². The maximum absolute atomic E-state index is 11.9. The van der Waals surface area contributed by atoms with Gasteiger partial charge < -0.3 is 5.32 Å². The van der Waals surface area contributed by atoms with Crippen molar-refractivity contribution >= 4 is 5.91 Å². The van der Waals surface area contributed by atoms with Crippen LogP contribution in [-0.4, -0.2) is 21.7 Å². The molecule has 0 radical (unpaired) electrons. The van der Waals surface area contributed by atoms with Gasteiger partial charge in [-0.3, -0.25) is 9.59 Å². The molecule has 1 aliphatic rings. The average molecular weight is 249 g/mol. The number of rotatable bonds is 4. The van der Waals surface area contributed by atoms with Crippen molar-refractivity contribution in [1.29, 1.82) is 0 Å². The zero-order chi connectivity index (χ0) is 13.3. The Morgan fingerprint density at radius 2 is 2.06 bits per heavy atom. The quantitative estimate of drug-likeness (QED) is 0.872. The van der Waals surface area contributed by atoms with Crippen LogP contribution in [0.2, 0.25) is 0 Å². The van der Waals surface area contributed by atoms with Crippen LogP contribution in [0.15, 0.2) is 16.9 Å². The summed E-state index contributed by atoms with van der Waals surface area (Å²) in [5.74, 6) is 0.296. The van der Waals surface area contributed by atoms with E-state index >= 15 is 0 Å². The van der Waals surface area contributed by atoms with Gasteiger partial charge in [0.2, 0.25) is 5.91 Å². The third-order valence-corrected chi connectivity index (χ3v) is 3.02. The predicted octanol–water partition coefficient (Wildman–Crippen LogP) is 1.21. The van der Waals surface area contributed by atoms with Crippen LogP contribution in [0.25, 0.3) is 0 Å². The lowest BCUT2D eigenvalue weighted by Crippen LogP contribution is -2.39. The van der Waals surface area contributed by atoms with Crippen LogP contribution in [0.3, 0.4) is 0 Å². The maximum atomic E-state index is 11.9. The van der Waals surface area contributed by atoms with Gasteiger partial charge >= 0.3 is 0 Å². The van der Waals surface area contributed by atoms with Crippen molar-refractivity contribution < 1.29 is 4.79 Å². The minimum atomic E-state index is -0.571. The molecule has 0 saturated heterocycles. The first-order valence-electron chi connectivity index (χ1n) is 6.39. The lowest BCUT2D eigenvalue weighted by molar-refractivity contribution is -0.124. The highest BCUT2D eigenvalue weighted by atomic mass is 16.2. The van der Waals surface area contributed by atoms with Crippen LogP contribution >= 0.6 is 0 Å². The number of hydrogen-bond donors (Lipinski definition) is 1. The van der Waals surface area contributed by atoms with E-state index in [1.54, 1.807) is 13.0 Å². The van der Waals surface area contributed by atoms with E-state index in [1.807, 2.05) is 13.8 Å². The van der Waals surface area contributed by atoms with Crippen molar-refractivity contribution in [3.8, 4) is 0 Å². The summed E-state index contributed by atoms with van der Waals surface area (Å²) in [5, 5.41) is 7.10. The van der Waals surface area contributed by atoms with Gasteiger partial charge in [-0.15, -0.1) is 0 Å². The van der Waals surface area contributed by atoms with Crippen LogP contribution in [0.5, 0.6) is 0 Å². The van der Waals surface area contributed by atoms with Crippen molar-refractivity contribution in [1.82, 2.24) is 15.1 Å². The van der Waals surface area contributed by atoms with Crippen molar-refractivity contribution in [3.63, 3.8) is 0 Å². The van der Waals surface area contributed by atoms with E-state index in [9.17, 15) is 9.59 Å². The number of carbonyl (C=O) groups excluding carboxylic acids is 1. The molecule has 0 spiro atoms. The summed E-state index contributed by atoms with van der Waals surface area (Å²) in [6.07, 6.45) is 2.25. The van der Waals surface area contributed by atoms with Gasteiger partial charge in [-0.25, -0.2) is 4.68 Å². The van der Waals surface area contributed by atoms with Crippen LogP contribution in [0, 0.1) is 0 Å². The molecule has 98 valence electrons. The average Bonchev–Trinajstić information content (AvgIpc) is 3.12. The monoisotopic (exact) mass is 249 g/mol. The van der Waals surface area contributed by atoms with Gasteiger partial charge in [-0.05, 0) is 39.7 Å². The fourth-order valence-electron chi connectivity index (χ4n) is 1.83. The molecule has 0 aromatic carbocycles. The van der Waals surface area contributed by atoms with Crippen molar-refractivity contribution in [2.45, 2.75) is 51.6 Å². The topological polar surface area (TPSA) is 64.0 Å². The third-order valence-electron chi connectivity index (χ3n) is 3.02. The molecule has 1 saturated carbocycles. The summed E-state index contributed by atoms with van der Waals surface area (Å²) >= 11 is 0. The molecule has 1 unspecified atom stereocenters. The minimum absolute atomic E-state index is 0.0577. The molecule has 1 atom stereocenters. The smallest absolute Gasteiger partial charge is 0.267 e. The normalized spacial score (nSPS) is 16.7. The molecule has 5 heteroatoms. The highest BCUT2D eigenvalue weighted by molar-refractivity contribution is 5.79. The SMILES string of the molecule is CC(C)NC(=O)C(C)n1nc(C2CC2)ccc1=O. The summed E-state index contributed by atoms with van der Waals surface area (Å²) in [7, 11) is 0. The fourth-order valence-corrected chi connectivity index (χ4v) is 1.83. The Bertz CT molecular complexity index is 503. The summed E-state index contributed by atoms with van der Waals surface area (Å²) in [4.78, 5) is 23.7. The van der Waals surface area contributed by atoms with Crippen molar-refractivity contribution in [3.05, 3.63) is 28.2 Å². The molecule has 1 amide bonds. The Morgan fingerprint density at radius 3 is 2.61 bits per heavy atom. The van der Waals surface area contributed by atoms with Crippen LogP contribution in [-0.2, 0) is 4.79 Å². The van der Waals surface area contributed by atoms with E-state index in [2.05, 4.69) is 10.4 Å². The van der Waals surface area contributed by atoms with Gasteiger partial charge in [-0.1, -0.05) is 0 Å². The van der Waals surface area contributed by atoms with Gasteiger partial charge in [0.25, 0.3) is 5.56 Å². The molecular formula is C13H19N3O2. The first-order chi connectivity index (χ1) is 8.49. The molecule has 1 heterocycles. The Kier molecular flexibility index (Phi) is 3.50.